The molecule has 0 aromatic carbocycles. The minimum atomic E-state index is -2.88. The number of aldehydes is 1. The SMILES string of the molecule is O=Cc1c[nH]c(=O)c(CCl)c1C(F)F. The Morgan fingerprint density at radius 3 is 2.64 bits per heavy atom. The Bertz CT molecular complexity index is 403. The first-order valence-electron chi connectivity index (χ1n) is 3.65. The van der Waals surface area contributed by atoms with E-state index in [0.717, 1.165) is 6.20 Å². The van der Waals surface area contributed by atoms with Gasteiger partial charge in [-0.25, -0.2) is 8.78 Å². The van der Waals surface area contributed by atoms with Gasteiger partial charge in [-0.15, -0.1) is 11.6 Å². The third-order valence-electron chi connectivity index (χ3n) is 1.75. The van der Waals surface area contributed by atoms with Crippen LogP contribution in [0.15, 0.2) is 11.0 Å². The van der Waals surface area contributed by atoms with Gasteiger partial charge in [-0.3, -0.25) is 9.59 Å². The lowest BCUT2D eigenvalue weighted by molar-refractivity contribution is 0.110. The standard InChI is InChI=1S/C8H6ClF2NO2/c9-1-5-6(7(10)11)4(3-13)2-12-8(5)14/h2-3,7H,1H2,(H,12,14). The fourth-order valence-corrected chi connectivity index (χ4v) is 1.36. The number of halogens is 3. The molecule has 1 aromatic rings. The van der Waals surface area contributed by atoms with Crippen molar-refractivity contribution >= 4 is 17.9 Å². The lowest BCUT2D eigenvalue weighted by atomic mass is 10.1. The van der Waals surface area contributed by atoms with Crippen molar-refractivity contribution in [2.45, 2.75) is 12.3 Å². The van der Waals surface area contributed by atoms with Crippen molar-refractivity contribution in [2.24, 2.45) is 0 Å². The number of hydrogen-bond donors (Lipinski definition) is 1. The van der Waals surface area contributed by atoms with E-state index in [2.05, 4.69) is 4.98 Å². The summed E-state index contributed by atoms with van der Waals surface area (Å²) in [5.74, 6) is -0.351. The van der Waals surface area contributed by atoms with E-state index in [4.69, 9.17) is 11.6 Å². The Hall–Kier alpha value is -1.23. The summed E-state index contributed by atoms with van der Waals surface area (Å²) < 4.78 is 24.9. The minimum absolute atomic E-state index is 0.241. The maximum absolute atomic E-state index is 12.5. The molecule has 0 amide bonds. The van der Waals surface area contributed by atoms with Gasteiger partial charge in [0.2, 0.25) is 0 Å². The lowest BCUT2D eigenvalue weighted by Crippen LogP contribution is -2.16. The molecule has 1 rings (SSSR count). The van der Waals surface area contributed by atoms with Gasteiger partial charge in [-0.05, 0) is 0 Å². The molecule has 0 aliphatic heterocycles. The zero-order chi connectivity index (χ0) is 10.7. The van der Waals surface area contributed by atoms with E-state index in [9.17, 15) is 18.4 Å². The van der Waals surface area contributed by atoms with Gasteiger partial charge in [0.25, 0.3) is 12.0 Å². The number of pyridine rings is 1. The lowest BCUT2D eigenvalue weighted by Gasteiger charge is -2.06. The molecule has 14 heavy (non-hydrogen) atoms. The van der Waals surface area contributed by atoms with Crippen LogP contribution in [0.3, 0.4) is 0 Å². The predicted octanol–water partition coefficient (Wildman–Crippen LogP) is 1.86. The second-order valence-corrected chi connectivity index (χ2v) is 2.78. The fourth-order valence-electron chi connectivity index (χ4n) is 1.09. The van der Waals surface area contributed by atoms with Crippen molar-refractivity contribution in [3.8, 4) is 0 Å². The molecule has 0 spiro atoms. The second-order valence-electron chi connectivity index (χ2n) is 2.52. The summed E-state index contributed by atoms with van der Waals surface area (Å²) in [6.45, 7) is 0. The highest BCUT2D eigenvalue weighted by Crippen LogP contribution is 2.24. The smallest absolute Gasteiger partial charge is 0.265 e. The zero-order valence-corrected chi connectivity index (χ0v) is 7.65. The van der Waals surface area contributed by atoms with E-state index in [1.54, 1.807) is 0 Å². The topological polar surface area (TPSA) is 49.9 Å². The second kappa shape index (κ2) is 4.32. The van der Waals surface area contributed by atoms with Crippen LogP contribution < -0.4 is 5.56 Å². The number of alkyl halides is 3. The number of hydrogen-bond acceptors (Lipinski definition) is 2. The van der Waals surface area contributed by atoms with Gasteiger partial charge in [-0.2, -0.15) is 0 Å². The maximum atomic E-state index is 12.5. The Morgan fingerprint density at radius 2 is 2.21 bits per heavy atom. The molecule has 0 fully saturated rings. The molecular weight excluding hydrogens is 216 g/mol. The summed E-state index contributed by atoms with van der Waals surface area (Å²) in [7, 11) is 0. The number of carbonyl (C=O) groups excluding carboxylic acids is 1. The molecule has 1 aromatic heterocycles. The number of H-pyrrole nitrogens is 1. The van der Waals surface area contributed by atoms with E-state index >= 15 is 0 Å². The highest BCUT2D eigenvalue weighted by atomic mass is 35.5. The van der Waals surface area contributed by atoms with Gasteiger partial charge < -0.3 is 4.98 Å². The maximum Gasteiger partial charge on any atom is 0.265 e. The summed E-state index contributed by atoms with van der Waals surface area (Å²) in [4.78, 5) is 23.6. The van der Waals surface area contributed by atoms with Crippen molar-refractivity contribution in [1.29, 1.82) is 0 Å². The molecule has 1 N–H and O–H groups in total. The molecule has 0 aliphatic rings. The number of rotatable bonds is 3. The third kappa shape index (κ3) is 1.82. The summed E-state index contributed by atoms with van der Waals surface area (Å²) in [5, 5.41) is 0. The van der Waals surface area contributed by atoms with Gasteiger partial charge in [0.15, 0.2) is 6.29 Å². The highest BCUT2D eigenvalue weighted by Gasteiger charge is 2.19. The first kappa shape index (κ1) is 10.8. The molecule has 76 valence electrons. The van der Waals surface area contributed by atoms with Crippen LogP contribution in [0.25, 0.3) is 0 Å². The quantitative estimate of drug-likeness (QED) is 0.626. The molecule has 0 saturated heterocycles. The van der Waals surface area contributed by atoms with E-state index in [1.807, 2.05) is 0 Å². The molecule has 0 bridgehead atoms. The van der Waals surface area contributed by atoms with E-state index in [0.29, 0.717) is 0 Å². The van der Waals surface area contributed by atoms with Gasteiger partial charge >= 0.3 is 0 Å². The zero-order valence-electron chi connectivity index (χ0n) is 6.89. The van der Waals surface area contributed by atoms with Crippen LogP contribution in [0.5, 0.6) is 0 Å². The van der Waals surface area contributed by atoms with Crippen molar-refractivity contribution in [3.05, 3.63) is 33.2 Å². The fraction of sp³-hybridized carbons (Fsp3) is 0.250. The number of nitrogens with one attached hydrogen (secondary N) is 1. The van der Waals surface area contributed by atoms with Gasteiger partial charge in [-0.1, -0.05) is 0 Å². The average molecular weight is 222 g/mol. The molecule has 0 radical (unpaired) electrons. The van der Waals surface area contributed by atoms with Crippen LogP contribution in [-0.4, -0.2) is 11.3 Å². The van der Waals surface area contributed by atoms with Crippen LogP contribution in [-0.2, 0) is 5.88 Å². The minimum Gasteiger partial charge on any atom is -0.328 e. The summed E-state index contributed by atoms with van der Waals surface area (Å²) in [5.41, 5.74) is -1.78. The predicted molar refractivity (Wildman–Crippen MR) is 47.0 cm³/mol. The molecule has 1 heterocycles. The van der Waals surface area contributed by atoms with Gasteiger partial charge in [0, 0.05) is 22.9 Å². The molecule has 0 unspecified atom stereocenters. The third-order valence-corrected chi connectivity index (χ3v) is 2.02. The van der Waals surface area contributed by atoms with E-state index in [1.165, 1.54) is 0 Å². The van der Waals surface area contributed by atoms with E-state index in [-0.39, 0.29) is 23.3 Å². The molecule has 6 heteroatoms. The van der Waals surface area contributed by atoms with Crippen molar-refractivity contribution < 1.29 is 13.6 Å². The first-order chi connectivity index (χ1) is 6.61. The van der Waals surface area contributed by atoms with Crippen LogP contribution in [0.4, 0.5) is 8.78 Å². The molecule has 0 saturated carbocycles. The normalized spacial score (nSPS) is 10.6. The van der Waals surface area contributed by atoms with Crippen LogP contribution in [0, 0.1) is 0 Å². The van der Waals surface area contributed by atoms with Gasteiger partial charge in [0.05, 0.1) is 5.88 Å². The van der Waals surface area contributed by atoms with Crippen molar-refractivity contribution in [1.82, 2.24) is 4.98 Å². The largest absolute Gasteiger partial charge is 0.328 e. The Morgan fingerprint density at radius 1 is 1.57 bits per heavy atom. The molecule has 0 atom stereocenters. The molecule has 3 nitrogen and oxygen atoms in total. The Kier molecular flexibility index (Phi) is 3.35. The number of carbonyl (C=O) groups is 1. The Balaban J connectivity index is 3.51. The molecule has 0 aliphatic carbocycles. The highest BCUT2D eigenvalue weighted by molar-refractivity contribution is 6.17. The average Bonchev–Trinajstić information content (AvgIpc) is 2.17. The number of aromatic amines is 1. The summed E-state index contributed by atoms with van der Waals surface area (Å²) in [6.07, 6.45) is -1.67. The summed E-state index contributed by atoms with van der Waals surface area (Å²) in [6, 6.07) is 0. The summed E-state index contributed by atoms with van der Waals surface area (Å²) >= 11 is 5.34. The first-order valence-corrected chi connectivity index (χ1v) is 4.19. The van der Waals surface area contributed by atoms with Crippen molar-refractivity contribution in [2.75, 3.05) is 0 Å². The van der Waals surface area contributed by atoms with Gasteiger partial charge in [0.1, 0.15) is 0 Å². The Labute approximate surface area is 82.7 Å². The monoisotopic (exact) mass is 221 g/mol. The van der Waals surface area contributed by atoms with Crippen molar-refractivity contribution in [3.63, 3.8) is 0 Å². The van der Waals surface area contributed by atoms with E-state index < -0.39 is 17.5 Å². The van der Waals surface area contributed by atoms with Crippen LogP contribution >= 0.6 is 11.6 Å². The van der Waals surface area contributed by atoms with Crippen LogP contribution in [0.1, 0.15) is 27.9 Å². The number of aromatic nitrogens is 1. The van der Waals surface area contributed by atoms with Crippen LogP contribution in [0.2, 0.25) is 0 Å². The molecular formula is C8H6ClF2NO2.